The second-order valence-corrected chi connectivity index (χ2v) is 5.78. The van der Waals surface area contributed by atoms with E-state index in [1.807, 2.05) is 6.92 Å². The summed E-state index contributed by atoms with van der Waals surface area (Å²) in [6, 6.07) is 2.15. The SMILES string of the molecule is Cc1nnc(NC2(CC(=O)O)CCCCC2)c(C#N)c1C. The van der Waals surface area contributed by atoms with Crippen LogP contribution in [0.4, 0.5) is 5.82 Å². The molecule has 0 saturated heterocycles. The molecule has 1 aromatic heterocycles. The second-order valence-electron chi connectivity index (χ2n) is 5.78. The number of nitriles is 1. The molecular formula is C15H20N4O2. The summed E-state index contributed by atoms with van der Waals surface area (Å²) in [5.74, 6) is -0.427. The van der Waals surface area contributed by atoms with E-state index in [1.165, 1.54) is 0 Å². The first-order chi connectivity index (χ1) is 9.97. The zero-order valence-electron chi connectivity index (χ0n) is 12.4. The fourth-order valence-electron chi connectivity index (χ4n) is 2.95. The highest BCUT2D eigenvalue weighted by Crippen LogP contribution is 2.35. The van der Waals surface area contributed by atoms with E-state index in [9.17, 15) is 15.2 Å². The lowest BCUT2D eigenvalue weighted by Gasteiger charge is -2.37. The van der Waals surface area contributed by atoms with Crippen molar-refractivity contribution in [1.82, 2.24) is 10.2 Å². The van der Waals surface area contributed by atoms with Crippen LogP contribution in [0, 0.1) is 25.2 Å². The van der Waals surface area contributed by atoms with E-state index in [0.717, 1.165) is 37.7 Å². The van der Waals surface area contributed by atoms with Gasteiger partial charge in [-0.25, -0.2) is 0 Å². The third-order valence-electron chi connectivity index (χ3n) is 4.25. The largest absolute Gasteiger partial charge is 0.481 e. The number of carboxylic acids is 1. The van der Waals surface area contributed by atoms with Gasteiger partial charge in [0.05, 0.1) is 12.1 Å². The molecule has 0 bridgehead atoms. The van der Waals surface area contributed by atoms with Crippen LogP contribution in [-0.2, 0) is 4.79 Å². The van der Waals surface area contributed by atoms with Gasteiger partial charge in [0, 0.05) is 5.54 Å². The molecule has 1 aliphatic carbocycles. The number of aromatic nitrogens is 2. The monoisotopic (exact) mass is 288 g/mol. The molecular weight excluding hydrogens is 268 g/mol. The van der Waals surface area contributed by atoms with Gasteiger partial charge in [-0.2, -0.15) is 10.4 Å². The maximum atomic E-state index is 11.2. The van der Waals surface area contributed by atoms with Gasteiger partial charge in [0.2, 0.25) is 0 Å². The highest BCUT2D eigenvalue weighted by atomic mass is 16.4. The number of nitrogens with zero attached hydrogens (tertiary/aromatic N) is 3. The van der Waals surface area contributed by atoms with E-state index in [4.69, 9.17) is 0 Å². The number of aliphatic carboxylic acids is 1. The fraction of sp³-hybridized carbons (Fsp3) is 0.600. The quantitative estimate of drug-likeness (QED) is 0.883. The first kappa shape index (κ1) is 15.2. The molecule has 112 valence electrons. The molecule has 21 heavy (non-hydrogen) atoms. The van der Waals surface area contributed by atoms with E-state index in [1.54, 1.807) is 6.92 Å². The minimum atomic E-state index is -0.834. The molecule has 0 spiro atoms. The number of rotatable bonds is 4. The summed E-state index contributed by atoms with van der Waals surface area (Å²) in [7, 11) is 0. The summed E-state index contributed by atoms with van der Waals surface area (Å²) in [5, 5.41) is 29.9. The molecule has 0 radical (unpaired) electrons. The Morgan fingerprint density at radius 3 is 2.57 bits per heavy atom. The van der Waals surface area contributed by atoms with E-state index in [0.29, 0.717) is 17.1 Å². The van der Waals surface area contributed by atoms with Crippen LogP contribution in [-0.4, -0.2) is 26.8 Å². The molecule has 2 N–H and O–H groups in total. The van der Waals surface area contributed by atoms with E-state index in [-0.39, 0.29) is 6.42 Å². The third-order valence-corrected chi connectivity index (χ3v) is 4.25. The van der Waals surface area contributed by atoms with Gasteiger partial charge in [0.25, 0.3) is 0 Å². The molecule has 0 amide bonds. The Morgan fingerprint density at radius 1 is 1.33 bits per heavy atom. The van der Waals surface area contributed by atoms with Gasteiger partial charge in [-0.15, -0.1) is 5.10 Å². The molecule has 1 saturated carbocycles. The van der Waals surface area contributed by atoms with Gasteiger partial charge >= 0.3 is 5.97 Å². The zero-order valence-corrected chi connectivity index (χ0v) is 12.4. The smallest absolute Gasteiger partial charge is 0.305 e. The van der Waals surface area contributed by atoms with Crippen molar-refractivity contribution in [2.45, 2.75) is 57.9 Å². The molecule has 0 aliphatic heterocycles. The molecule has 2 rings (SSSR count). The van der Waals surface area contributed by atoms with Crippen LogP contribution in [0.3, 0.4) is 0 Å². The first-order valence-corrected chi connectivity index (χ1v) is 7.21. The Kier molecular flexibility index (Phi) is 4.41. The molecule has 1 aromatic rings. The van der Waals surface area contributed by atoms with Crippen LogP contribution in [0.2, 0.25) is 0 Å². The fourth-order valence-corrected chi connectivity index (χ4v) is 2.95. The summed E-state index contributed by atoms with van der Waals surface area (Å²) >= 11 is 0. The van der Waals surface area contributed by atoms with Crippen LogP contribution >= 0.6 is 0 Å². The number of hydrogen-bond donors (Lipinski definition) is 2. The minimum Gasteiger partial charge on any atom is -0.481 e. The van der Waals surface area contributed by atoms with Gasteiger partial charge in [0.15, 0.2) is 5.82 Å². The number of aryl methyl sites for hydroxylation is 1. The maximum Gasteiger partial charge on any atom is 0.305 e. The van der Waals surface area contributed by atoms with Crippen LogP contribution in [0.25, 0.3) is 0 Å². The highest BCUT2D eigenvalue weighted by Gasteiger charge is 2.35. The zero-order chi connectivity index (χ0) is 15.5. The van der Waals surface area contributed by atoms with E-state index < -0.39 is 11.5 Å². The van der Waals surface area contributed by atoms with Crippen LogP contribution in [0.15, 0.2) is 0 Å². The summed E-state index contributed by atoms with van der Waals surface area (Å²) in [6.45, 7) is 3.64. The van der Waals surface area contributed by atoms with Crippen LogP contribution in [0.1, 0.15) is 55.3 Å². The number of hydrogen-bond acceptors (Lipinski definition) is 5. The van der Waals surface area contributed by atoms with Crippen molar-refractivity contribution in [2.75, 3.05) is 5.32 Å². The molecule has 1 aliphatic rings. The normalized spacial score (nSPS) is 17.0. The Hall–Kier alpha value is -2.16. The average Bonchev–Trinajstić information content (AvgIpc) is 2.43. The molecule has 0 unspecified atom stereocenters. The lowest BCUT2D eigenvalue weighted by molar-refractivity contribution is -0.138. The second kappa shape index (κ2) is 6.08. The standard InChI is InChI=1S/C15H20N4O2/c1-10-11(2)18-19-14(12(10)9-16)17-15(8-13(20)21)6-4-3-5-7-15/h3-8H2,1-2H3,(H,17,19)(H,20,21). The van der Waals surface area contributed by atoms with Crippen molar-refractivity contribution in [3.05, 3.63) is 16.8 Å². The summed E-state index contributed by atoms with van der Waals surface area (Å²) in [6.07, 6.45) is 4.68. The van der Waals surface area contributed by atoms with Crippen LogP contribution < -0.4 is 5.32 Å². The molecule has 0 aromatic carbocycles. The van der Waals surface area contributed by atoms with Gasteiger partial charge in [-0.05, 0) is 32.3 Å². The molecule has 1 fully saturated rings. The lowest BCUT2D eigenvalue weighted by Crippen LogP contribution is -2.43. The van der Waals surface area contributed by atoms with Gasteiger partial charge in [-0.3, -0.25) is 4.79 Å². The van der Waals surface area contributed by atoms with E-state index >= 15 is 0 Å². The summed E-state index contributed by atoms with van der Waals surface area (Å²) in [4.78, 5) is 11.2. The van der Waals surface area contributed by atoms with Crippen molar-refractivity contribution >= 4 is 11.8 Å². The van der Waals surface area contributed by atoms with Gasteiger partial charge in [0.1, 0.15) is 11.6 Å². The predicted molar refractivity (Wildman–Crippen MR) is 77.9 cm³/mol. The Morgan fingerprint density at radius 2 is 2.00 bits per heavy atom. The topological polar surface area (TPSA) is 98.9 Å². The van der Waals surface area contributed by atoms with E-state index in [2.05, 4.69) is 21.6 Å². The predicted octanol–water partition coefficient (Wildman–Crippen LogP) is 2.55. The van der Waals surface area contributed by atoms with Crippen molar-refractivity contribution < 1.29 is 9.90 Å². The molecule has 6 heteroatoms. The minimum absolute atomic E-state index is 0.0342. The first-order valence-electron chi connectivity index (χ1n) is 7.21. The highest BCUT2D eigenvalue weighted by molar-refractivity contribution is 5.70. The number of nitrogens with one attached hydrogen (secondary N) is 1. The number of anilines is 1. The summed E-state index contributed by atoms with van der Waals surface area (Å²) in [5.41, 5.74) is 1.44. The Labute approximate surface area is 124 Å². The number of carboxylic acid groups (broad SMARTS) is 1. The third kappa shape index (κ3) is 3.30. The molecule has 1 heterocycles. The van der Waals surface area contributed by atoms with Crippen molar-refractivity contribution in [1.29, 1.82) is 5.26 Å². The Bertz CT molecular complexity index is 586. The van der Waals surface area contributed by atoms with Gasteiger partial charge < -0.3 is 10.4 Å². The lowest BCUT2D eigenvalue weighted by atomic mass is 9.79. The van der Waals surface area contributed by atoms with Gasteiger partial charge in [-0.1, -0.05) is 19.3 Å². The average molecular weight is 288 g/mol. The summed E-state index contributed by atoms with van der Waals surface area (Å²) < 4.78 is 0. The maximum absolute atomic E-state index is 11.2. The Balaban J connectivity index is 2.35. The van der Waals surface area contributed by atoms with Crippen molar-refractivity contribution in [2.24, 2.45) is 0 Å². The van der Waals surface area contributed by atoms with Crippen LogP contribution in [0.5, 0.6) is 0 Å². The van der Waals surface area contributed by atoms with Crippen molar-refractivity contribution in [3.63, 3.8) is 0 Å². The molecule has 6 nitrogen and oxygen atoms in total. The molecule has 0 atom stereocenters. The number of carbonyl (C=O) groups is 1. The van der Waals surface area contributed by atoms with Crippen molar-refractivity contribution in [3.8, 4) is 6.07 Å².